The van der Waals surface area contributed by atoms with Gasteiger partial charge in [-0.2, -0.15) is 0 Å². The Morgan fingerprint density at radius 2 is 1.88 bits per heavy atom. The van der Waals surface area contributed by atoms with Crippen LogP contribution in [-0.2, 0) is 4.79 Å². The van der Waals surface area contributed by atoms with Crippen molar-refractivity contribution in [1.82, 2.24) is 20.3 Å². The fourth-order valence-electron chi connectivity index (χ4n) is 2.91. The van der Waals surface area contributed by atoms with Crippen LogP contribution in [0, 0.1) is 5.92 Å². The van der Waals surface area contributed by atoms with E-state index in [1.807, 2.05) is 49.4 Å². The van der Waals surface area contributed by atoms with Crippen LogP contribution in [0.3, 0.4) is 0 Å². The van der Waals surface area contributed by atoms with Crippen LogP contribution in [0.25, 0.3) is 11.0 Å². The summed E-state index contributed by atoms with van der Waals surface area (Å²) in [6, 6.07) is 13.4. The van der Waals surface area contributed by atoms with Crippen LogP contribution in [0.2, 0.25) is 0 Å². The Morgan fingerprint density at radius 3 is 2.56 bits per heavy atom. The van der Waals surface area contributed by atoms with Gasteiger partial charge in [-0.15, -0.1) is 0 Å². The average molecular weight is 336 g/mol. The number of aromatic nitrogens is 3. The van der Waals surface area contributed by atoms with Crippen molar-refractivity contribution in [3.8, 4) is 0 Å². The van der Waals surface area contributed by atoms with Gasteiger partial charge in [0.25, 0.3) is 0 Å². The molecule has 0 saturated heterocycles. The maximum Gasteiger partial charge on any atom is 0.229 e. The number of carbonyl (C=O) groups is 1. The van der Waals surface area contributed by atoms with E-state index in [4.69, 9.17) is 0 Å². The molecule has 3 rings (SSSR count). The number of para-hydroxylation sites is 2. The second-order valence-electron chi connectivity index (χ2n) is 6.81. The third kappa shape index (κ3) is 4.05. The molecule has 0 bridgehead atoms. The van der Waals surface area contributed by atoms with Gasteiger partial charge in [0, 0.05) is 6.20 Å². The minimum Gasteiger partial charge on any atom is -0.346 e. The molecule has 1 amide bonds. The Labute approximate surface area is 147 Å². The predicted octanol–water partition coefficient (Wildman–Crippen LogP) is 3.97. The highest BCUT2D eigenvalue weighted by Gasteiger charge is 2.23. The van der Waals surface area contributed by atoms with E-state index in [0.29, 0.717) is 5.92 Å². The summed E-state index contributed by atoms with van der Waals surface area (Å²) in [6.45, 7) is 6.16. The van der Waals surface area contributed by atoms with Crippen molar-refractivity contribution in [2.24, 2.45) is 5.92 Å². The van der Waals surface area contributed by atoms with Gasteiger partial charge in [-0.05, 0) is 43.5 Å². The molecule has 5 heteroatoms. The second kappa shape index (κ2) is 7.47. The summed E-state index contributed by atoms with van der Waals surface area (Å²) in [7, 11) is 0. The van der Waals surface area contributed by atoms with Crippen LogP contribution in [-0.4, -0.2) is 20.9 Å². The van der Waals surface area contributed by atoms with Crippen molar-refractivity contribution in [2.45, 2.75) is 39.2 Å². The van der Waals surface area contributed by atoms with Gasteiger partial charge in [0.15, 0.2) is 0 Å². The minimum absolute atomic E-state index is 0.0372. The minimum atomic E-state index is -0.305. The lowest BCUT2D eigenvalue weighted by atomic mass is 10.0. The highest BCUT2D eigenvalue weighted by Crippen LogP contribution is 2.23. The van der Waals surface area contributed by atoms with Crippen LogP contribution in [0.4, 0.5) is 0 Å². The molecule has 0 unspecified atom stereocenters. The van der Waals surface area contributed by atoms with Crippen LogP contribution in [0.5, 0.6) is 0 Å². The Hall–Kier alpha value is -2.69. The first-order valence-electron chi connectivity index (χ1n) is 8.70. The first-order valence-corrected chi connectivity index (χ1v) is 8.70. The number of aromatic amines is 1. The summed E-state index contributed by atoms with van der Waals surface area (Å²) in [5.41, 5.74) is 2.67. The topological polar surface area (TPSA) is 70.7 Å². The van der Waals surface area contributed by atoms with E-state index in [0.717, 1.165) is 29.0 Å². The second-order valence-corrected chi connectivity index (χ2v) is 6.81. The molecule has 2 heterocycles. The number of nitrogens with zero attached hydrogens (tertiary/aromatic N) is 2. The van der Waals surface area contributed by atoms with E-state index in [1.165, 1.54) is 0 Å². The molecule has 3 aromatic rings. The molecule has 0 aliphatic rings. The number of imidazole rings is 1. The summed E-state index contributed by atoms with van der Waals surface area (Å²) in [5.74, 6) is 0.894. The first kappa shape index (κ1) is 17.1. The number of hydrogen-bond donors (Lipinski definition) is 2. The number of carbonyl (C=O) groups excluding carboxylic acids is 1. The molecule has 5 nitrogen and oxygen atoms in total. The van der Waals surface area contributed by atoms with Crippen LogP contribution >= 0.6 is 0 Å². The number of benzene rings is 1. The third-order valence-electron chi connectivity index (χ3n) is 4.29. The zero-order valence-electron chi connectivity index (χ0n) is 14.9. The van der Waals surface area contributed by atoms with Gasteiger partial charge in [-0.1, -0.05) is 32.0 Å². The number of amides is 1. The molecule has 0 aliphatic carbocycles. The number of rotatable bonds is 6. The summed E-state index contributed by atoms with van der Waals surface area (Å²) < 4.78 is 0. The summed E-state index contributed by atoms with van der Waals surface area (Å²) in [5, 5.41) is 3.15. The lowest BCUT2D eigenvalue weighted by Gasteiger charge is -2.21. The van der Waals surface area contributed by atoms with Crippen molar-refractivity contribution in [1.29, 1.82) is 0 Å². The number of H-pyrrole nitrogens is 1. The van der Waals surface area contributed by atoms with E-state index in [2.05, 4.69) is 34.1 Å². The summed E-state index contributed by atoms with van der Waals surface area (Å²) >= 11 is 0. The van der Waals surface area contributed by atoms with Crippen molar-refractivity contribution in [2.75, 3.05) is 0 Å². The largest absolute Gasteiger partial charge is 0.346 e. The molecule has 0 aliphatic heterocycles. The molecule has 2 atom stereocenters. The molecule has 25 heavy (non-hydrogen) atoms. The van der Waals surface area contributed by atoms with Gasteiger partial charge in [-0.3, -0.25) is 9.78 Å². The van der Waals surface area contributed by atoms with Gasteiger partial charge in [0.1, 0.15) is 5.82 Å². The third-order valence-corrected chi connectivity index (χ3v) is 4.29. The average Bonchev–Trinajstić information content (AvgIpc) is 3.05. The smallest absolute Gasteiger partial charge is 0.229 e. The molecule has 2 aromatic heterocycles. The summed E-state index contributed by atoms with van der Waals surface area (Å²) in [4.78, 5) is 25.0. The number of nitrogens with one attached hydrogen (secondary N) is 2. The molecular weight excluding hydrogens is 312 g/mol. The molecular formula is C20H24N4O. The Kier molecular flexibility index (Phi) is 5.12. The zero-order valence-corrected chi connectivity index (χ0v) is 14.9. The van der Waals surface area contributed by atoms with E-state index >= 15 is 0 Å². The molecule has 0 fully saturated rings. The van der Waals surface area contributed by atoms with Crippen molar-refractivity contribution in [3.63, 3.8) is 0 Å². The summed E-state index contributed by atoms with van der Waals surface area (Å²) in [6.07, 6.45) is 2.53. The quantitative estimate of drug-likeness (QED) is 0.715. The number of fused-ring (bicyclic) bond motifs is 1. The Balaban J connectivity index is 1.82. The molecule has 0 radical (unpaired) electrons. The number of hydrogen-bond acceptors (Lipinski definition) is 3. The fourth-order valence-corrected chi connectivity index (χ4v) is 2.91. The van der Waals surface area contributed by atoms with Crippen LogP contribution in [0.1, 0.15) is 50.7 Å². The zero-order chi connectivity index (χ0) is 17.8. The maximum absolute atomic E-state index is 12.7. The van der Waals surface area contributed by atoms with Gasteiger partial charge >= 0.3 is 0 Å². The van der Waals surface area contributed by atoms with Crippen LogP contribution in [0.15, 0.2) is 48.7 Å². The standard InChI is InChI=1S/C20H24N4O/c1-13(2)12-18(19-22-16-9-4-5-10-17(16)23-19)24-20(25)14(3)15-8-6-7-11-21-15/h4-11,13-14,18H,12H2,1-3H3,(H,22,23)(H,24,25)/t14-,18+/m0/s1. The predicted molar refractivity (Wildman–Crippen MR) is 99.1 cm³/mol. The SMILES string of the molecule is CC(C)C[C@@H](NC(=O)[C@@H](C)c1ccccn1)c1nc2ccccc2[nH]1. The molecule has 130 valence electrons. The van der Waals surface area contributed by atoms with E-state index < -0.39 is 0 Å². The van der Waals surface area contributed by atoms with E-state index in [9.17, 15) is 4.79 Å². The van der Waals surface area contributed by atoms with Crippen molar-refractivity contribution in [3.05, 3.63) is 60.2 Å². The van der Waals surface area contributed by atoms with Crippen molar-refractivity contribution < 1.29 is 4.79 Å². The molecule has 2 N–H and O–H groups in total. The lowest BCUT2D eigenvalue weighted by Crippen LogP contribution is -2.33. The molecule has 1 aromatic carbocycles. The highest BCUT2D eigenvalue weighted by molar-refractivity contribution is 5.83. The van der Waals surface area contributed by atoms with Gasteiger partial charge in [0.2, 0.25) is 5.91 Å². The maximum atomic E-state index is 12.7. The van der Waals surface area contributed by atoms with E-state index in [1.54, 1.807) is 6.20 Å². The van der Waals surface area contributed by atoms with Gasteiger partial charge < -0.3 is 10.3 Å². The Morgan fingerprint density at radius 1 is 1.12 bits per heavy atom. The lowest BCUT2D eigenvalue weighted by molar-refractivity contribution is -0.123. The first-order chi connectivity index (χ1) is 12.0. The van der Waals surface area contributed by atoms with Gasteiger partial charge in [0.05, 0.1) is 28.7 Å². The monoisotopic (exact) mass is 336 g/mol. The number of pyridine rings is 1. The molecule has 0 spiro atoms. The molecule has 0 saturated carbocycles. The van der Waals surface area contributed by atoms with Gasteiger partial charge in [-0.25, -0.2) is 4.98 Å². The Bertz CT molecular complexity index is 808. The van der Waals surface area contributed by atoms with Crippen molar-refractivity contribution >= 4 is 16.9 Å². The van der Waals surface area contributed by atoms with E-state index in [-0.39, 0.29) is 17.9 Å². The van der Waals surface area contributed by atoms with Crippen LogP contribution < -0.4 is 5.32 Å². The fraction of sp³-hybridized carbons (Fsp3) is 0.350. The normalized spacial score (nSPS) is 13.8. The highest BCUT2D eigenvalue weighted by atomic mass is 16.1.